The molecule has 2 aromatic carbocycles. The third-order valence-electron chi connectivity index (χ3n) is 3.95. The van der Waals surface area contributed by atoms with E-state index in [1.807, 2.05) is 36.4 Å². The Morgan fingerprint density at radius 2 is 1.81 bits per heavy atom. The first-order valence-electron chi connectivity index (χ1n) is 8.24. The van der Waals surface area contributed by atoms with E-state index in [9.17, 15) is 0 Å². The number of rotatable bonds is 6. The van der Waals surface area contributed by atoms with Crippen LogP contribution in [0.15, 0.2) is 48.7 Å². The summed E-state index contributed by atoms with van der Waals surface area (Å²) < 4.78 is 21.4. The number of benzene rings is 2. The molecule has 0 fully saturated rings. The van der Waals surface area contributed by atoms with Gasteiger partial charge in [-0.2, -0.15) is 4.98 Å². The fraction of sp³-hybridized carbons (Fsp3) is 0.158. The SMILES string of the molecule is COc1ccc(OC)c(Nc2ccnc(Nc3ccc4c(c3)OCO4)n2)c1. The van der Waals surface area contributed by atoms with Gasteiger partial charge in [-0.05, 0) is 30.3 Å². The fourth-order valence-electron chi connectivity index (χ4n) is 2.64. The minimum Gasteiger partial charge on any atom is -0.497 e. The highest BCUT2D eigenvalue weighted by Crippen LogP contribution is 2.35. The Labute approximate surface area is 156 Å². The van der Waals surface area contributed by atoms with Crippen LogP contribution in [0.25, 0.3) is 0 Å². The van der Waals surface area contributed by atoms with Gasteiger partial charge in [-0.1, -0.05) is 0 Å². The summed E-state index contributed by atoms with van der Waals surface area (Å²) in [6.07, 6.45) is 1.66. The number of hydrogen-bond donors (Lipinski definition) is 2. The van der Waals surface area contributed by atoms with Crippen molar-refractivity contribution in [3.63, 3.8) is 0 Å². The third kappa shape index (κ3) is 3.64. The van der Waals surface area contributed by atoms with Gasteiger partial charge in [0.15, 0.2) is 11.5 Å². The number of nitrogens with one attached hydrogen (secondary N) is 2. The van der Waals surface area contributed by atoms with E-state index in [0.717, 1.165) is 17.1 Å². The van der Waals surface area contributed by atoms with Crippen LogP contribution in [0.3, 0.4) is 0 Å². The molecule has 0 amide bonds. The van der Waals surface area contributed by atoms with Crippen LogP contribution in [0.1, 0.15) is 0 Å². The fourth-order valence-corrected chi connectivity index (χ4v) is 2.64. The largest absolute Gasteiger partial charge is 0.497 e. The quantitative estimate of drug-likeness (QED) is 0.683. The summed E-state index contributed by atoms with van der Waals surface area (Å²) in [4.78, 5) is 8.74. The van der Waals surface area contributed by atoms with Crippen LogP contribution in [-0.4, -0.2) is 31.0 Å². The highest BCUT2D eigenvalue weighted by molar-refractivity contribution is 5.67. The lowest BCUT2D eigenvalue weighted by Crippen LogP contribution is -2.01. The van der Waals surface area contributed by atoms with Crippen LogP contribution in [0.5, 0.6) is 23.0 Å². The zero-order valence-electron chi connectivity index (χ0n) is 14.9. The number of ether oxygens (including phenoxy) is 4. The van der Waals surface area contributed by atoms with E-state index in [1.165, 1.54) is 0 Å². The highest BCUT2D eigenvalue weighted by Gasteiger charge is 2.14. The molecule has 0 aliphatic carbocycles. The molecule has 3 aromatic rings. The van der Waals surface area contributed by atoms with E-state index in [0.29, 0.717) is 29.0 Å². The number of aromatic nitrogens is 2. The van der Waals surface area contributed by atoms with Gasteiger partial charge in [0, 0.05) is 24.0 Å². The number of nitrogens with zero attached hydrogens (tertiary/aromatic N) is 2. The lowest BCUT2D eigenvalue weighted by atomic mass is 10.2. The first kappa shape index (κ1) is 16.8. The van der Waals surface area contributed by atoms with Crippen molar-refractivity contribution >= 4 is 23.1 Å². The molecule has 0 radical (unpaired) electrons. The van der Waals surface area contributed by atoms with Crippen molar-refractivity contribution < 1.29 is 18.9 Å². The summed E-state index contributed by atoms with van der Waals surface area (Å²) in [5, 5.41) is 6.38. The van der Waals surface area contributed by atoms with E-state index < -0.39 is 0 Å². The zero-order chi connectivity index (χ0) is 18.6. The zero-order valence-corrected chi connectivity index (χ0v) is 14.9. The maximum absolute atomic E-state index is 5.39. The number of methoxy groups -OCH3 is 2. The molecule has 8 nitrogen and oxygen atoms in total. The van der Waals surface area contributed by atoms with Crippen LogP contribution >= 0.6 is 0 Å². The smallest absolute Gasteiger partial charge is 0.231 e. The van der Waals surface area contributed by atoms with E-state index >= 15 is 0 Å². The molecular formula is C19H18N4O4. The summed E-state index contributed by atoms with van der Waals surface area (Å²) in [5.74, 6) is 3.86. The minimum atomic E-state index is 0.233. The maximum Gasteiger partial charge on any atom is 0.231 e. The molecule has 8 heteroatoms. The topological polar surface area (TPSA) is 86.8 Å². The number of fused-ring (bicyclic) bond motifs is 1. The molecule has 1 aromatic heterocycles. The molecule has 0 atom stereocenters. The van der Waals surface area contributed by atoms with E-state index in [4.69, 9.17) is 18.9 Å². The Balaban J connectivity index is 1.54. The van der Waals surface area contributed by atoms with Crippen LogP contribution in [-0.2, 0) is 0 Å². The van der Waals surface area contributed by atoms with Gasteiger partial charge in [-0.25, -0.2) is 4.98 Å². The van der Waals surface area contributed by atoms with Crippen molar-refractivity contribution in [1.82, 2.24) is 9.97 Å². The van der Waals surface area contributed by atoms with Crippen molar-refractivity contribution in [2.75, 3.05) is 31.6 Å². The Morgan fingerprint density at radius 3 is 2.67 bits per heavy atom. The molecule has 0 saturated carbocycles. The van der Waals surface area contributed by atoms with Crippen LogP contribution in [0, 0.1) is 0 Å². The molecule has 0 saturated heterocycles. The summed E-state index contributed by atoms with van der Waals surface area (Å²) in [7, 11) is 3.23. The first-order valence-corrected chi connectivity index (χ1v) is 8.24. The first-order chi connectivity index (χ1) is 13.2. The Bertz CT molecular complexity index is 964. The van der Waals surface area contributed by atoms with Crippen molar-refractivity contribution in [2.45, 2.75) is 0 Å². The lowest BCUT2D eigenvalue weighted by molar-refractivity contribution is 0.174. The lowest BCUT2D eigenvalue weighted by Gasteiger charge is -2.13. The maximum atomic E-state index is 5.39. The molecule has 0 unspecified atom stereocenters. The molecule has 27 heavy (non-hydrogen) atoms. The minimum absolute atomic E-state index is 0.233. The standard InChI is InChI=1S/C19H18N4O4/c1-24-13-4-6-15(25-2)14(10-13)22-18-7-8-20-19(23-18)21-12-3-5-16-17(9-12)27-11-26-16/h3-10H,11H2,1-2H3,(H2,20,21,22,23). The monoisotopic (exact) mass is 366 g/mol. The van der Waals surface area contributed by atoms with Crippen LogP contribution in [0.4, 0.5) is 23.1 Å². The van der Waals surface area contributed by atoms with Gasteiger partial charge in [0.05, 0.1) is 19.9 Å². The van der Waals surface area contributed by atoms with Gasteiger partial charge in [-0.15, -0.1) is 0 Å². The van der Waals surface area contributed by atoms with Crippen molar-refractivity contribution in [3.05, 3.63) is 48.7 Å². The van der Waals surface area contributed by atoms with Gasteiger partial charge in [-0.3, -0.25) is 0 Å². The Morgan fingerprint density at radius 1 is 0.926 bits per heavy atom. The molecule has 2 N–H and O–H groups in total. The van der Waals surface area contributed by atoms with Crippen molar-refractivity contribution in [2.24, 2.45) is 0 Å². The van der Waals surface area contributed by atoms with Crippen LogP contribution < -0.4 is 29.6 Å². The third-order valence-corrected chi connectivity index (χ3v) is 3.95. The molecular weight excluding hydrogens is 348 g/mol. The summed E-state index contributed by atoms with van der Waals surface area (Å²) in [5.41, 5.74) is 1.54. The van der Waals surface area contributed by atoms with Gasteiger partial charge >= 0.3 is 0 Å². The average molecular weight is 366 g/mol. The number of anilines is 4. The Hall–Kier alpha value is -3.68. The van der Waals surface area contributed by atoms with Crippen LogP contribution in [0.2, 0.25) is 0 Å². The Kier molecular flexibility index (Phi) is 4.52. The van der Waals surface area contributed by atoms with E-state index in [2.05, 4.69) is 20.6 Å². The molecule has 0 bridgehead atoms. The molecule has 1 aliphatic heterocycles. The predicted molar refractivity (Wildman–Crippen MR) is 101 cm³/mol. The second kappa shape index (κ2) is 7.28. The average Bonchev–Trinajstić information content (AvgIpc) is 3.16. The molecule has 1 aliphatic rings. The van der Waals surface area contributed by atoms with Gasteiger partial charge in [0.1, 0.15) is 17.3 Å². The van der Waals surface area contributed by atoms with E-state index in [1.54, 1.807) is 26.5 Å². The van der Waals surface area contributed by atoms with Gasteiger partial charge in [0.25, 0.3) is 0 Å². The van der Waals surface area contributed by atoms with Crippen molar-refractivity contribution in [1.29, 1.82) is 0 Å². The summed E-state index contributed by atoms with van der Waals surface area (Å²) in [6, 6.07) is 12.8. The highest BCUT2D eigenvalue weighted by atomic mass is 16.7. The van der Waals surface area contributed by atoms with Crippen molar-refractivity contribution in [3.8, 4) is 23.0 Å². The molecule has 2 heterocycles. The normalized spacial score (nSPS) is 11.8. The summed E-state index contributed by atoms with van der Waals surface area (Å²) >= 11 is 0. The summed E-state index contributed by atoms with van der Waals surface area (Å²) in [6.45, 7) is 0.233. The molecule has 0 spiro atoms. The van der Waals surface area contributed by atoms with E-state index in [-0.39, 0.29) is 6.79 Å². The number of hydrogen-bond acceptors (Lipinski definition) is 8. The van der Waals surface area contributed by atoms with Gasteiger partial charge in [0.2, 0.25) is 12.7 Å². The second-order valence-corrected chi connectivity index (χ2v) is 5.65. The van der Waals surface area contributed by atoms with Gasteiger partial charge < -0.3 is 29.6 Å². The second-order valence-electron chi connectivity index (χ2n) is 5.65. The molecule has 138 valence electrons. The molecule has 4 rings (SSSR count). The predicted octanol–water partition coefficient (Wildman–Crippen LogP) is 3.71.